The number of carbonyl (C=O) groups is 4. The van der Waals surface area contributed by atoms with Gasteiger partial charge in [-0.2, -0.15) is 0 Å². The van der Waals surface area contributed by atoms with Gasteiger partial charge in [0, 0.05) is 46.6 Å². The average Bonchev–Trinajstić information content (AvgIpc) is 3.79. The number of hydrogen-bond acceptors (Lipinski definition) is 11. The van der Waals surface area contributed by atoms with Gasteiger partial charge in [0.15, 0.2) is 5.72 Å². The number of rotatable bonds is 7. The molecule has 3 amide bonds. The Morgan fingerprint density at radius 3 is 2.42 bits per heavy atom. The minimum atomic E-state index is -1.86. The molecule has 1 aromatic carbocycles. The van der Waals surface area contributed by atoms with Crippen molar-refractivity contribution in [3.8, 4) is 5.75 Å². The third-order valence-corrected chi connectivity index (χ3v) is 10.8. The summed E-state index contributed by atoms with van der Waals surface area (Å²) in [5.41, 5.74) is -1.39. The SMILES string of the molecule is COc1cc2cc(c1Cl)N(C)C(=O)C[C@H](OC(=O)C(C)N(C)C(=O)C(C)C)[C@]1(C)O[C@H]1[C@H](C)[C@@H]1C[C@@](O)(NC(=O)O1)[C@H](OC)/C=C/C=C(\C)C2OC. The Kier molecular flexibility index (Phi) is 12.7. The number of carbonyl (C=O) groups excluding carboxylic acids is 4. The first-order valence-corrected chi connectivity index (χ1v) is 17.6. The third kappa shape index (κ3) is 8.26. The minimum absolute atomic E-state index is 0.0719. The molecule has 2 unspecified atom stereocenters. The summed E-state index contributed by atoms with van der Waals surface area (Å²) in [6.45, 7) is 10.3. The van der Waals surface area contributed by atoms with Crippen molar-refractivity contribution in [2.75, 3.05) is 40.3 Å². The van der Waals surface area contributed by atoms with Crippen molar-refractivity contribution in [2.45, 2.75) is 102 Å². The van der Waals surface area contributed by atoms with E-state index in [1.54, 1.807) is 72.0 Å². The van der Waals surface area contributed by atoms with Crippen molar-refractivity contribution >= 4 is 41.2 Å². The van der Waals surface area contributed by atoms with Crippen LogP contribution in [0.25, 0.3) is 0 Å². The first-order chi connectivity index (χ1) is 24.3. The molecule has 0 aliphatic carbocycles. The van der Waals surface area contributed by atoms with Gasteiger partial charge >= 0.3 is 12.1 Å². The van der Waals surface area contributed by atoms with Crippen molar-refractivity contribution in [3.05, 3.63) is 46.5 Å². The van der Waals surface area contributed by atoms with E-state index >= 15 is 0 Å². The van der Waals surface area contributed by atoms with Crippen LogP contribution in [0.3, 0.4) is 0 Å². The summed E-state index contributed by atoms with van der Waals surface area (Å²) in [6, 6.07) is 2.46. The van der Waals surface area contributed by atoms with E-state index in [-0.39, 0.29) is 29.7 Å². The molecule has 14 nitrogen and oxygen atoms in total. The van der Waals surface area contributed by atoms with Crippen LogP contribution in [-0.4, -0.2) is 111 Å². The Labute approximate surface area is 310 Å². The summed E-state index contributed by atoms with van der Waals surface area (Å²) in [6.07, 6.45) is -0.443. The maximum atomic E-state index is 14.2. The zero-order chi connectivity index (χ0) is 38.9. The quantitative estimate of drug-likeness (QED) is 0.301. The smallest absolute Gasteiger partial charge is 0.409 e. The van der Waals surface area contributed by atoms with Gasteiger partial charge in [-0.25, -0.2) is 9.59 Å². The van der Waals surface area contributed by atoms with E-state index in [0.717, 1.165) is 5.57 Å². The lowest BCUT2D eigenvalue weighted by Crippen LogP contribution is -2.63. The zero-order valence-electron chi connectivity index (χ0n) is 31.7. The monoisotopic (exact) mass is 749 g/mol. The van der Waals surface area contributed by atoms with E-state index in [1.807, 2.05) is 6.92 Å². The Balaban J connectivity index is 1.83. The second kappa shape index (κ2) is 16.1. The molecule has 2 N–H and O–H groups in total. The molecule has 1 aromatic rings. The Bertz CT molecular complexity index is 1600. The second-order valence-electron chi connectivity index (χ2n) is 14.3. The number of aliphatic hydroxyl groups is 1. The molecule has 288 valence electrons. The fraction of sp³-hybridized carbons (Fsp3) is 0.622. The Morgan fingerprint density at radius 1 is 1.15 bits per heavy atom. The molecule has 4 bridgehead atoms. The Hall–Kier alpha value is -3.69. The molecule has 3 aliphatic rings. The van der Waals surface area contributed by atoms with E-state index in [1.165, 1.54) is 38.2 Å². The number of esters is 1. The highest BCUT2D eigenvalue weighted by atomic mass is 35.5. The zero-order valence-corrected chi connectivity index (χ0v) is 32.5. The minimum Gasteiger partial charge on any atom is -0.495 e. The van der Waals surface area contributed by atoms with Gasteiger partial charge in [0.05, 0.1) is 25.3 Å². The molecule has 0 radical (unpaired) electrons. The topological polar surface area (TPSA) is 166 Å². The van der Waals surface area contributed by atoms with Crippen LogP contribution in [0.2, 0.25) is 5.02 Å². The molecular weight excluding hydrogens is 698 g/mol. The third-order valence-electron chi connectivity index (χ3n) is 10.4. The maximum Gasteiger partial charge on any atom is 0.409 e. The van der Waals surface area contributed by atoms with E-state index in [9.17, 15) is 24.3 Å². The van der Waals surface area contributed by atoms with Crippen LogP contribution in [0.1, 0.15) is 66.1 Å². The summed E-state index contributed by atoms with van der Waals surface area (Å²) in [7, 11) is 7.48. The van der Waals surface area contributed by atoms with Crippen LogP contribution in [0, 0.1) is 11.8 Å². The number of halogens is 1. The largest absolute Gasteiger partial charge is 0.495 e. The predicted octanol–water partition coefficient (Wildman–Crippen LogP) is 4.32. The van der Waals surface area contributed by atoms with Gasteiger partial charge in [-0.05, 0) is 44.0 Å². The van der Waals surface area contributed by atoms with E-state index in [0.29, 0.717) is 17.0 Å². The molecule has 3 heterocycles. The maximum absolute atomic E-state index is 14.2. The number of anilines is 1. The van der Waals surface area contributed by atoms with E-state index in [2.05, 4.69) is 5.32 Å². The number of fused-ring (bicyclic) bond motifs is 5. The molecule has 9 atom stereocenters. The highest BCUT2D eigenvalue weighted by molar-refractivity contribution is 6.35. The van der Waals surface area contributed by atoms with Gasteiger partial charge < -0.3 is 43.3 Å². The molecule has 0 saturated carbocycles. The molecule has 4 rings (SSSR count). The number of hydrogen-bond donors (Lipinski definition) is 2. The average molecular weight is 750 g/mol. The van der Waals surface area contributed by atoms with Crippen molar-refractivity contribution in [1.82, 2.24) is 10.2 Å². The van der Waals surface area contributed by atoms with Crippen LogP contribution in [0.4, 0.5) is 10.5 Å². The summed E-state index contributed by atoms with van der Waals surface area (Å²) >= 11 is 6.79. The second-order valence-corrected chi connectivity index (χ2v) is 14.6. The molecule has 15 heteroatoms. The molecule has 2 saturated heterocycles. The van der Waals surface area contributed by atoms with Crippen molar-refractivity contribution < 1.29 is 52.7 Å². The van der Waals surface area contributed by atoms with Gasteiger partial charge in [-0.3, -0.25) is 14.9 Å². The fourth-order valence-electron chi connectivity index (χ4n) is 6.89. The number of nitrogens with zero attached hydrogens (tertiary/aromatic N) is 2. The molecule has 0 spiro atoms. The van der Waals surface area contributed by atoms with Crippen molar-refractivity contribution in [2.24, 2.45) is 11.8 Å². The van der Waals surface area contributed by atoms with Gasteiger partial charge in [0.1, 0.15) is 46.8 Å². The van der Waals surface area contributed by atoms with Gasteiger partial charge in [-0.15, -0.1) is 0 Å². The molecule has 0 aromatic heterocycles. The van der Waals surface area contributed by atoms with Crippen molar-refractivity contribution in [3.63, 3.8) is 0 Å². The van der Waals surface area contributed by atoms with Crippen LogP contribution < -0.4 is 15.0 Å². The summed E-state index contributed by atoms with van der Waals surface area (Å²) < 4.78 is 35.1. The molecule has 3 aliphatic heterocycles. The standard InChI is InChI=1S/C37H52ClN3O11/c1-19(2)33(43)40(7)22(5)34(44)51-28-17-29(42)41(8)24-15-23(16-25(47-9)30(24)38)31(49-11)20(3)13-12-14-27(48-10)37(46)18-26(50-35(45)39-37)21(4)32-36(28,6)52-32/h12-16,19,21-22,26-28,31-32,46H,17-18H2,1-11H3,(H,39,45)/b14-12+,20-13+/t21-,22?,26+,27-,28+,31?,32+,36+,37+/m1/s1. The van der Waals surface area contributed by atoms with Gasteiger partial charge in [-0.1, -0.05) is 50.6 Å². The first-order valence-electron chi connectivity index (χ1n) is 17.2. The highest BCUT2D eigenvalue weighted by Gasteiger charge is 2.64. The van der Waals surface area contributed by atoms with Crippen LogP contribution in [0.5, 0.6) is 5.75 Å². The lowest BCUT2D eigenvalue weighted by Gasteiger charge is -2.42. The van der Waals surface area contributed by atoms with Crippen molar-refractivity contribution in [1.29, 1.82) is 0 Å². The summed E-state index contributed by atoms with van der Waals surface area (Å²) in [5.74, 6) is -2.05. The number of likely N-dealkylation sites (N-methyl/N-ethyl adjacent to an activating group) is 1. The lowest BCUT2D eigenvalue weighted by atomic mass is 9.83. The van der Waals surface area contributed by atoms with Gasteiger partial charge in [0.2, 0.25) is 11.8 Å². The summed E-state index contributed by atoms with van der Waals surface area (Å²) in [4.78, 5) is 56.1. The van der Waals surface area contributed by atoms with Crippen LogP contribution >= 0.6 is 11.6 Å². The number of epoxide rings is 1. The fourth-order valence-corrected chi connectivity index (χ4v) is 7.21. The van der Waals surface area contributed by atoms with E-state index in [4.69, 9.17) is 40.0 Å². The number of amides is 3. The highest BCUT2D eigenvalue weighted by Crippen LogP contribution is 2.49. The molecular formula is C37H52ClN3O11. The number of nitrogens with one attached hydrogen (secondary N) is 1. The van der Waals surface area contributed by atoms with E-state index < -0.39 is 71.8 Å². The lowest BCUT2D eigenvalue weighted by molar-refractivity contribution is -0.162. The van der Waals surface area contributed by atoms with Crippen LogP contribution in [-0.2, 0) is 38.1 Å². The molecule has 52 heavy (non-hydrogen) atoms. The normalized spacial score (nSPS) is 33.1. The van der Waals surface area contributed by atoms with Gasteiger partial charge in [0.25, 0.3) is 0 Å². The summed E-state index contributed by atoms with van der Waals surface area (Å²) in [5, 5.41) is 14.4. The number of ether oxygens (including phenoxy) is 6. The number of alkyl carbamates (subject to hydrolysis) is 1. The number of methoxy groups -OCH3 is 3. The number of allylic oxidation sites excluding steroid dienone is 2. The predicted molar refractivity (Wildman–Crippen MR) is 192 cm³/mol. The number of benzene rings is 1. The van der Waals surface area contributed by atoms with Crippen LogP contribution in [0.15, 0.2) is 35.9 Å². The Morgan fingerprint density at radius 2 is 1.83 bits per heavy atom. The first kappa shape index (κ1) is 41.1. The molecule has 2 fully saturated rings.